The fourth-order valence-electron chi connectivity index (χ4n) is 1.33. The lowest BCUT2D eigenvalue weighted by atomic mass is 10.4. The number of nitrogens with zero attached hydrogens (tertiary/aromatic N) is 2. The molecule has 0 spiro atoms. The van der Waals surface area contributed by atoms with Gasteiger partial charge in [-0.2, -0.15) is 0 Å². The lowest BCUT2D eigenvalue weighted by molar-refractivity contribution is 1.01. The van der Waals surface area contributed by atoms with Crippen LogP contribution >= 0.6 is 43.6 Å². The highest BCUT2D eigenvalue weighted by Crippen LogP contribution is 2.35. The predicted molar refractivity (Wildman–Crippen MR) is 82.2 cm³/mol. The molecular formula is C12H11Br2N3S. The second-order valence-corrected chi connectivity index (χ2v) is 6.20. The summed E-state index contributed by atoms with van der Waals surface area (Å²) in [6.45, 7) is 2.87. The predicted octanol–water partition coefficient (Wildman–Crippen LogP) is 4.58. The molecule has 1 aromatic heterocycles. The first kappa shape index (κ1) is 13.8. The summed E-state index contributed by atoms with van der Waals surface area (Å²) in [5.74, 6) is 0.826. The van der Waals surface area contributed by atoms with Crippen molar-refractivity contribution in [3.8, 4) is 0 Å². The van der Waals surface area contributed by atoms with E-state index < -0.39 is 0 Å². The summed E-state index contributed by atoms with van der Waals surface area (Å²) in [6.07, 6.45) is 1.57. The van der Waals surface area contributed by atoms with Crippen molar-refractivity contribution in [3.05, 3.63) is 39.5 Å². The van der Waals surface area contributed by atoms with Crippen LogP contribution in [-0.2, 0) is 0 Å². The minimum absolute atomic E-state index is 0.826. The Morgan fingerprint density at radius 2 is 1.89 bits per heavy atom. The first-order chi connectivity index (χ1) is 8.70. The van der Waals surface area contributed by atoms with Crippen LogP contribution in [0.5, 0.6) is 0 Å². The zero-order chi connectivity index (χ0) is 13.0. The van der Waals surface area contributed by atoms with E-state index >= 15 is 0 Å². The van der Waals surface area contributed by atoms with Gasteiger partial charge in [0.1, 0.15) is 17.2 Å². The molecule has 0 saturated carbocycles. The third-order valence-electron chi connectivity index (χ3n) is 2.13. The third-order valence-corrected chi connectivity index (χ3v) is 4.68. The van der Waals surface area contributed by atoms with E-state index in [2.05, 4.69) is 59.3 Å². The van der Waals surface area contributed by atoms with Gasteiger partial charge in [0.2, 0.25) is 0 Å². The Morgan fingerprint density at radius 1 is 1.17 bits per heavy atom. The lowest BCUT2D eigenvalue weighted by Crippen LogP contribution is -2.01. The Kier molecular flexibility index (Phi) is 5.03. The summed E-state index contributed by atoms with van der Waals surface area (Å²) < 4.78 is 1.97. The fraction of sp³-hybridized carbons (Fsp3) is 0.167. The molecule has 94 valence electrons. The van der Waals surface area contributed by atoms with Gasteiger partial charge in [-0.25, -0.2) is 9.97 Å². The standard InChI is InChI=1S/C12H11Br2N3S/c1-2-15-11-10(14)12(17-7-16-11)18-9-5-3-8(13)4-6-9/h3-7H,2H2,1H3,(H,15,16,17). The summed E-state index contributed by atoms with van der Waals surface area (Å²) >= 11 is 8.56. The number of benzene rings is 1. The maximum Gasteiger partial charge on any atom is 0.144 e. The average Bonchev–Trinajstić information content (AvgIpc) is 2.37. The van der Waals surface area contributed by atoms with Crippen LogP contribution in [0.4, 0.5) is 5.82 Å². The Bertz CT molecular complexity index is 531. The van der Waals surface area contributed by atoms with Gasteiger partial charge >= 0.3 is 0 Å². The van der Waals surface area contributed by atoms with Crippen molar-refractivity contribution in [3.63, 3.8) is 0 Å². The van der Waals surface area contributed by atoms with Gasteiger partial charge < -0.3 is 5.32 Å². The highest BCUT2D eigenvalue weighted by atomic mass is 79.9. The van der Waals surface area contributed by atoms with Crippen molar-refractivity contribution in [2.24, 2.45) is 0 Å². The number of hydrogen-bond donors (Lipinski definition) is 1. The maximum atomic E-state index is 4.29. The van der Waals surface area contributed by atoms with Gasteiger partial charge in [0.15, 0.2) is 0 Å². The van der Waals surface area contributed by atoms with E-state index in [-0.39, 0.29) is 0 Å². The SMILES string of the molecule is CCNc1ncnc(Sc2ccc(Br)cc2)c1Br. The molecule has 0 amide bonds. The van der Waals surface area contributed by atoms with Crippen LogP contribution in [0, 0.1) is 0 Å². The van der Waals surface area contributed by atoms with Crippen LogP contribution in [0.3, 0.4) is 0 Å². The Balaban J connectivity index is 2.23. The lowest BCUT2D eigenvalue weighted by Gasteiger charge is -2.08. The zero-order valence-electron chi connectivity index (χ0n) is 9.65. The highest BCUT2D eigenvalue weighted by Gasteiger charge is 2.09. The summed E-state index contributed by atoms with van der Waals surface area (Å²) in [6, 6.07) is 8.14. The average molecular weight is 389 g/mol. The smallest absolute Gasteiger partial charge is 0.144 e. The quantitative estimate of drug-likeness (QED) is 0.777. The topological polar surface area (TPSA) is 37.8 Å². The molecule has 1 aromatic carbocycles. The van der Waals surface area contributed by atoms with E-state index in [1.54, 1.807) is 18.1 Å². The van der Waals surface area contributed by atoms with Crippen LogP contribution in [0.15, 0.2) is 49.5 Å². The molecule has 1 N–H and O–H groups in total. The molecule has 2 rings (SSSR count). The molecule has 0 bridgehead atoms. The number of rotatable bonds is 4. The molecule has 0 radical (unpaired) electrons. The number of halogens is 2. The van der Waals surface area contributed by atoms with Crippen molar-refractivity contribution in [2.45, 2.75) is 16.8 Å². The van der Waals surface area contributed by atoms with Crippen molar-refractivity contribution in [1.82, 2.24) is 9.97 Å². The molecule has 0 aliphatic rings. The molecular weight excluding hydrogens is 378 g/mol. The summed E-state index contributed by atoms with van der Waals surface area (Å²) in [5, 5.41) is 4.10. The molecule has 1 heterocycles. The van der Waals surface area contributed by atoms with Gasteiger partial charge in [-0.3, -0.25) is 0 Å². The summed E-state index contributed by atoms with van der Waals surface area (Å²) in [4.78, 5) is 9.63. The highest BCUT2D eigenvalue weighted by molar-refractivity contribution is 9.10. The van der Waals surface area contributed by atoms with Crippen LogP contribution in [0.25, 0.3) is 0 Å². The maximum absolute atomic E-state index is 4.29. The molecule has 0 fully saturated rings. The van der Waals surface area contributed by atoms with Crippen molar-refractivity contribution in [2.75, 3.05) is 11.9 Å². The van der Waals surface area contributed by atoms with Crippen LogP contribution < -0.4 is 5.32 Å². The Morgan fingerprint density at radius 3 is 2.56 bits per heavy atom. The zero-order valence-corrected chi connectivity index (χ0v) is 13.6. The van der Waals surface area contributed by atoms with Crippen LogP contribution in [0.2, 0.25) is 0 Å². The molecule has 0 saturated heterocycles. The van der Waals surface area contributed by atoms with Gasteiger partial charge in [-0.05, 0) is 47.1 Å². The van der Waals surface area contributed by atoms with Crippen molar-refractivity contribution in [1.29, 1.82) is 0 Å². The first-order valence-electron chi connectivity index (χ1n) is 5.38. The van der Waals surface area contributed by atoms with E-state index in [0.29, 0.717) is 0 Å². The van der Waals surface area contributed by atoms with Gasteiger partial charge in [-0.15, -0.1) is 0 Å². The molecule has 18 heavy (non-hydrogen) atoms. The van der Waals surface area contributed by atoms with Crippen molar-refractivity contribution < 1.29 is 0 Å². The number of hydrogen-bond acceptors (Lipinski definition) is 4. The summed E-state index contributed by atoms with van der Waals surface area (Å²) in [7, 11) is 0. The minimum atomic E-state index is 0.826. The minimum Gasteiger partial charge on any atom is -0.369 e. The third kappa shape index (κ3) is 3.46. The molecule has 0 unspecified atom stereocenters. The van der Waals surface area contributed by atoms with Gasteiger partial charge in [0.25, 0.3) is 0 Å². The first-order valence-corrected chi connectivity index (χ1v) is 7.78. The normalized spacial score (nSPS) is 10.4. The molecule has 0 aliphatic heterocycles. The number of aromatic nitrogens is 2. The monoisotopic (exact) mass is 387 g/mol. The van der Waals surface area contributed by atoms with Crippen LogP contribution in [-0.4, -0.2) is 16.5 Å². The second-order valence-electron chi connectivity index (χ2n) is 3.43. The van der Waals surface area contributed by atoms with E-state index in [0.717, 1.165) is 31.2 Å². The van der Waals surface area contributed by atoms with Gasteiger partial charge in [-0.1, -0.05) is 27.7 Å². The van der Waals surface area contributed by atoms with Gasteiger partial charge in [0.05, 0.1) is 4.47 Å². The fourth-order valence-corrected chi connectivity index (χ4v) is 2.96. The Hall–Kier alpha value is -0.590. The van der Waals surface area contributed by atoms with E-state index in [1.165, 1.54) is 0 Å². The molecule has 0 atom stereocenters. The van der Waals surface area contributed by atoms with E-state index in [1.807, 2.05) is 19.1 Å². The Labute approximate surface area is 127 Å². The number of nitrogens with one attached hydrogen (secondary N) is 1. The van der Waals surface area contributed by atoms with Crippen LogP contribution in [0.1, 0.15) is 6.92 Å². The number of anilines is 1. The molecule has 6 heteroatoms. The molecule has 3 nitrogen and oxygen atoms in total. The van der Waals surface area contributed by atoms with E-state index in [4.69, 9.17) is 0 Å². The molecule has 2 aromatic rings. The second kappa shape index (κ2) is 6.54. The molecule has 0 aliphatic carbocycles. The van der Waals surface area contributed by atoms with Crippen molar-refractivity contribution >= 4 is 49.4 Å². The summed E-state index contributed by atoms with van der Waals surface area (Å²) in [5.41, 5.74) is 0. The largest absolute Gasteiger partial charge is 0.369 e. The van der Waals surface area contributed by atoms with Gasteiger partial charge in [0, 0.05) is 15.9 Å². The van der Waals surface area contributed by atoms with E-state index in [9.17, 15) is 0 Å².